The molecule has 1 saturated heterocycles. The van der Waals surface area contributed by atoms with Crippen LogP contribution in [-0.2, 0) is 10.0 Å². The highest BCUT2D eigenvalue weighted by molar-refractivity contribution is 7.89. The molecule has 3 rings (SSSR count). The summed E-state index contributed by atoms with van der Waals surface area (Å²) in [6.07, 6.45) is 2.20. The first-order valence-electron chi connectivity index (χ1n) is 9.65. The number of nitro benzene ring substituents is 1. The fourth-order valence-corrected chi connectivity index (χ4v) is 5.39. The largest absolute Gasteiger partial charge is 0.494 e. The maximum Gasteiger partial charge on any atom is 0.328 e. The number of aromatic amines is 2. The van der Waals surface area contributed by atoms with E-state index >= 15 is 0 Å². The van der Waals surface area contributed by atoms with Crippen LogP contribution in [0.5, 0.6) is 5.88 Å². The number of benzene rings is 1. The van der Waals surface area contributed by atoms with Crippen molar-refractivity contribution in [2.24, 2.45) is 11.0 Å². The summed E-state index contributed by atoms with van der Waals surface area (Å²) in [6.45, 7) is 4.08. The molecule has 0 aliphatic carbocycles. The second-order valence-electron chi connectivity index (χ2n) is 7.57. The van der Waals surface area contributed by atoms with Crippen molar-refractivity contribution in [2.45, 2.75) is 37.6 Å². The van der Waals surface area contributed by atoms with Gasteiger partial charge in [-0.25, -0.2) is 13.2 Å². The van der Waals surface area contributed by atoms with Crippen LogP contribution in [0.25, 0.3) is 0 Å². The van der Waals surface area contributed by atoms with Crippen LogP contribution in [0.4, 0.5) is 11.4 Å². The van der Waals surface area contributed by atoms with E-state index < -0.39 is 37.8 Å². The first-order chi connectivity index (χ1) is 15.0. The molecule has 0 amide bonds. The van der Waals surface area contributed by atoms with Gasteiger partial charge < -0.3 is 5.11 Å². The van der Waals surface area contributed by atoms with Crippen LogP contribution in [-0.4, -0.2) is 51.5 Å². The average molecular weight is 466 g/mol. The molecule has 1 aromatic heterocycles. The van der Waals surface area contributed by atoms with Gasteiger partial charge >= 0.3 is 5.69 Å². The Morgan fingerprint density at radius 3 is 2.66 bits per heavy atom. The fraction of sp³-hybridized carbons (Fsp3) is 0.389. The summed E-state index contributed by atoms with van der Waals surface area (Å²) >= 11 is 0. The number of nitro groups is 1. The summed E-state index contributed by atoms with van der Waals surface area (Å²) in [7, 11) is -4.11. The van der Waals surface area contributed by atoms with E-state index in [1.165, 1.54) is 10.4 Å². The van der Waals surface area contributed by atoms with E-state index in [1.54, 1.807) is 6.92 Å². The Morgan fingerprint density at radius 2 is 2.03 bits per heavy atom. The molecular weight excluding hydrogens is 444 g/mol. The maximum atomic E-state index is 13.4. The number of non-ortho nitro benzene ring substituents is 1. The molecule has 2 heterocycles. The molecule has 4 N–H and O–H groups in total. The second kappa shape index (κ2) is 8.92. The van der Waals surface area contributed by atoms with Gasteiger partial charge in [0.1, 0.15) is 10.5 Å². The molecule has 0 saturated carbocycles. The number of rotatable bonds is 6. The lowest BCUT2D eigenvalue weighted by Crippen LogP contribution is -2.44. The second-order valence-corrected chi connectivity index (χ2v) is 9.43. The summed E-state index contributed by atoms with van der Waals surface area (Å²) in [6, 6.07) is 2.96. The first kappa shape index (κ1) is 23.1. The molecule has 1 aliphatic heterocycles. The number of hydrogen-bond acceptors (Lipinski definition) is 9. The van der Waals surface area contributed by atoms with E-state index in [2.05, 4.69) is 10.5 Å². The Morgan fingerprint density at radius 1 is 1.31 bits per heavy atom. The number of hydrogen-bond donors (Lipinski definition) is 4. The predicted octanol–water partition coefficient (Wildman–Crippen LogP) is 0.932. The predicted molar refractivity (Wildman–Crippen MR) is 115 cm³/mol. The zero-order valence-electron chi connectivity index (χ0n) is 17.2. The number of H-pyrrole nitrogens is 2. The standard InChI is InChI=1S/C18H22N6O7S/c1-10-5-6-23(11(2)7-10)32(30,31)15-8-12(24(28)29)3-4-14(15)22-19-9-13-16(25)20-18(27)21-17(13)26/h3-4,8-11,22H,5-7H2,1-2H3,(H3,20,21,25,26,27)/t10-,11-/m0/s1. The van der Waals surface area contributed by atoms with Gasteiger partial charge in [-0.1, -0.05) is 6.92 Å². The highest BCUT2D eigenvalue weighted by atomic mass is 32.2. The molecule has 1 aliphatic rings. The molecule has 32 heavy (non-hydrogen) atoms. The molecule has 0 bridgehead atoms. The van der Waals surface area contributed by atoms with Crippen LogP contribution in [0.2, 0.25) is 0 Å². The molecule has 172 valence electrons. The van der Waals surface area contributed by atoms with E-state index in [0.29, 0.717) is 18.8 Å². The minimum Gasteiger partial charge on any atom is -0.494 e. The molecular formula is C18H22N6O7S. The molecule has 2 atom stereocenters. The van der Waals surface area contributed by atoms with Gasteiger partial charge in [-0.05, 0) is 31.7 Å². The van der Waals surface area contributed by atoms with Crippen LogP contribution in [0.3, 0.4) is 0 Å². The average Bonchev–Trinajstić information content (AvgIpc) is 2.69. The number of aromatic nitrogens is 2. The maximum absolute atomic E-state index is 13.4. The molecule has 14 heteroatoms. The lowest BCUT2D eigenvalue weighted by Gasteiger charge is -2.35. The number of piperidine rings is 1. The topological polar surface area (TPSA) is 191 Å². The minimum absolute atomic E-state index is 0.0574. The number of hydrazone groups is 1. The highest BCUT2D eigenvalue weighted by Crippen LogP contribution is 2.33. The van der Waals surface area contributed by atoms with Crippen molar-refractivity contribution < 1.29 is 18.4 Å². The molecule has 1 aromatic carbocycles. The van der Waals surface area contributed by atoms with Crippen molar-refractivity contribution >= 4 is 27.6 Å². The number of nitrogens with zero attached hydrogens (tertiary/aromatic N) is 3. The van der Waals surface area contributed by atoms with Gasteiger partial charge in [0.15, 0.2) is 0 Å². The van der Waals surface area contributed by atoms with Crippen LogP contribution >= 0.6 is 0 Å². The Bertz CT molecular complexity index is 1280. The molecule has 2 aromatic rings. The summed E-state index contributed by atoms with van der Waals surface area (Å²) in [5.41, 5.74) is -0.214. The Labute approximate surface area is 182 Å². The van der Waals surface area contributed by atoms with Gasteiger partial charge in [-0.15, -0.1) is 0 Å². The summed E-state index contributed by atoms with van der Waals surface area (Å²) < 4.78 is 28.0. The van der Waals surface area contributed by atoms with Gasteiger partial charge in [0.2, 0.25) is 15.9 Å². The van der Waals surface area contributed by atoms with E-state index in [4.69, 9.17) is 0 Å². The van der Waals surface area contributed by atoms with Crippen LogP contribution in [0.1, 0.15) is 32.3 Å². The Balaban J connectivity index is 2.00. The van der Waals surface area contributed by atoms with Gasteiger partial charge in [-0.2, -0.15) is 9.41 Å². The van der Waals surface area contributed by atoms with Crippen molar-refractivity contribution in [3.05, 3.63) is 54.7 Å². The summed E-state index contributed by atoms with van der Waals surface area (Å²) in [5, 5.41) is 24.7. The highest BCUT2D eigenvalue weighted by Gasteiger charge is 2.35. The van der Waals surface area contributed by atoms with Crippen LogP contribution in [0, 0.1) is 16.0 Å². The normalized spacial score (nSPS) is 19.8. The molecule has 0 radical (unpaired) electrons. The van der Waals surface area contributed by atoms with Crippen molar-refractivity contribution in [2.75, 3.05) is 12.0 Å². The van der Waals surface area contributed by atoms with E-state index in [1.807, 2.05) is 16.9 Å². The summed E-state index contributed by atoms with van der Waals surface area (Å²) in [4.78, 5) is 37.0. The molecule has 13 nitrogen and oxygen atoms in total. The van der Waals surface area contributed by atoms with Gasteiger partial charge in [0.25, 0.3) is 11.2 Å². The van der Waals surface area contributed by atoms with Crippen LogP contribution < -0.4 is 16.7 Å². The fourth-order valence-electron chi connectivity index (χ4n) is 3.57. The Hall–Kier alpha value is -3.52. The lowest BCUT2D eigenvalue weighted by atomic mass is 9.95. The third kappa shape index (κ3) is 4.70. The smallest absolute Gasteiger partial charge is 0.328 e. The Kier molecular flexibility index (Phi) is 6.45. The number of aromatic hydroxyl groups is 1. The SMILES string of the molecule is C[C@H]1CCN(S(=O)(=O)c2cc([N+](=O)[O-])ccc2NN=Cc2c(O)[nH]c(=O)[nH]c2=O)[C@@H](C)C1. The van der Waals surface area contributed by atoms with Crippen molar-refractivity contribution in [1.29, 1.82) is 0 Å². The van der Waals surface area contributed by atoms with Crippen molar-refractivity contribution in [1.82, 2.24) is 14.3 Å². The van der Waals surface area contributed by atoms with Gasteiger partial charge in [0.05, 0.1) is 16.8 Å². The first-order valence-corrected chi connectivity index (χ1v) is 11.1. The van der Waals surface area contributed by atoms with Gasteiger partial charge in [-0.3, -0.25) is 30.3 Å². The third-order valence-electron chi connectivity index (χ3n) is 5.18. The molecule has 0 spiro atoms. The monoisotopic (exact) mass is 466 g/mol. The van der Waals surface area contributed by atoms with E-state index in [9.17, 15) is 33.2 Å². The zero-order chi connectivity index (χ0) is 23.6. The number of nitrogens with one attached hydrogen (secondary N) is 3. The quantitative estimate of drug-likeness (QED) is 0.274. The zero-order valence-corrected chi connectivity index (χ0v) is 18.0. The molecule has 1 fully saturated rings. The number of sulfonamides is 1. The van der Waals surface area contributed by atoms with E-state index in [0.717, 1.165) is 18.3 Å². The lowest BCUT2D eigenvalue weighted by molar-refractivity contribution is -0.385. The molecule has 0 unspecified atom stereocenters. The van der Waals surface area contributed by atoms with E-state index in [-0.39, 0.29) is 28.7 Å². The summed E-state index contributed by atoms with van der Waals surface area (Å²) in [5.74, 6) is -0.371. The van der Waals surface area contributed by atoms with Crippen LogP contribution in [0.15, 0.2) is 37.8 Å². The van der Waals surface area contributed by atoms with Crippen molar-refractivity contribution in [3.63, 3.8) is 0 Å². The minimum atomic E-state index is -4.11. The third-order valence-corrected chi connectivity index (χ3v) is 7.23. The number of anilines is 1. The van der Waals surface area contributed by atoms with Crippen molar-refractivity contribution in [3.8, 4) is 5.88 Å². The van der Waals surface area contributed by atoms with Gasteiger partial charge in [0, 0.05) is 24.7 Å².